The second kappa shape index (κ2) is 7.20. The summed E-state index contributed by atoms with van der Waals surface area (Å²) in [5, 5.41) is 3.96. The molecular formula is C16H18FN5O2. The minimum absolute atomic E-state index is 0.0309. The predicted octanol–water partition coefficient (Wildman–Crippen LogP) is 0.792. The minimum Gasteiger partial charge on any atom is -0.339 e. The van der Waals surface area contributed by atoms with E-state index in [0.717, 1.165) is 0 Å². The van der Waals surface area contributed by atoms with Crippen LogP contribution in [0, 0.1) is 5.82 Å². The fourth-order valence-corrected chi connectivity index (χ4v) is 2.68. The molecule has 0 saturated carbocycles. The molecule has 1 aromatic carbocycles. The van der Waals surface area contributed by atoms with Gasteiger partial charge in [0.25, 0.3) is 5.91 Å². The van der Waals surface area contributed by atoms with E-state index in [2.05, 4.69) is 10.1 Å². The summed E-state index contributed by atoms with van der Waals surface area (Å²) in [6, 6.07) is 5.66. The zero-order valence-corrected chi connectivity index (χ0v) is 13.1. The van der Waals surface area contributed by atoms with E-state index in [9.17, 15) is 14.0 Å². The van der Waals surface area contributed by atoms with Crippen molar-refractivity contribution < 1.29 is 14.0 Å². The van der Waals surface area contributed by atoms with Crippen LogP contribution in [0.15, 0.2) is 36.9 Å². The molecule has 2 amide bonds. The maximum Gasteiger partial charge on any atom is 0.254 e. The van der Waals surface area contributed by atoms with Gasteiger partial charge in [-0.15, -0.1) is 0 Å². The third-order valence-corrected chi connectivity index (χ3v) is 4.01. The number of nitrogens with zero attached hydrogens (tertiary/aromatic N) is 5. The molecule has 24 heavy (non-hydrogen) atoms. The van der Waals surface area contributed by atoms with Crippen LogP contribution in [0.3, 0.4) is 0 Å². The lowest BCUT2D eigenvalue weighted by atomic mass is 10.1. The lowest BCUT2D eigenvalue weighted by molar-refractivity contribution is -0.132. The Labute approximate surface area is 138 Å². The topological polar surface area (TPSA) is 71.3 Å². The Balaban J connectivity index is 1.50. The van der Waals surface area contributed by atoms with Gasteiger partial charge in [0.15, 0.2) is 0 Å². The van der Waals surface area contributed by atoms with Crippen LogP contribution in [0.5, 0.6) is 0 Å². The summed E-state index contributed by atoms with van der Waals surface area (Å²) in [5.74, 6) is -0.602. The van der Waals surface area contributed by atoms with Gasteiger partial charge in [0.1, 0.15) is 18.5 Å². The minimum atomic E-state index is -0.428. The Morgan fingerprint density at radius 1 is 1.12 bits per heavy atom. The third kappa shape index (κ3) is 3.76. The van der Waals surface area contributed by atoms with E-state index >= 15 is 0 Å². The highest BCUT2D eigenvalue weighted by molar-refractivity contribution is 5.94. The first-order valence-electron chi connectivity index (χ1n) is 7.78. The van der Waals surface area contributed by atoms with Gasteiger partial charge < -0.3 is 9.80 Å². The molecule has 0 atom stereocenters. The van der Waals surface area contributed by atoms with Gasteiger partial charge in [-0.1, -0.05) is 6.07 Å². The number of hydrogen-bond acceptors (Lipinski definition) is 4. The number of halogens is 1. The quantitative estimate of drug-likeness (QED) is 0.830. The number of aromatic nitrogens is 3. The van der Waals surface area contributed by atoms with Crippen molar-refractivity contribution in [3.05, 3.63) is 48.3 Å². The van der Waals surface area contributed by atoms with Crippen LogP contribution in [0.2, 0.25) is 0 Å². The van der Waals surface area contributed by atoms with Crippen molar-refractivity contribution in [1.29, 1.82) is 0 Å². The van der Waals surface area contributed by atoms with Crippen molar-refractivity contribution in [2.24, 2.45) is 0 Å². The summed E-state index contributed by atoms with van der Waals surface area (Å²) in [4.78, 5) is 31.8. The Morgan fingerprint density at radius 2 is 1.88 bits per heavy atom. The lowest BCUT2D eigenvalue weighted by Gasteiger charge is -2.34. The molecule has 2 aromatic rings. The summed E-state index contributed by atoms with van der Waals surface area (Å²) >= 11 is 0. The zero-order valence-electron chi connectivity index (χ0n) is 13.1. The molecule has 1 fully saturated rings. The van der Waals surface area contributed by atoms with Crippen molar-refractivity contribution in [2.45, 2.75) is 13.0 Å². The van der Waals surface area contributed by atoms with Gasteiger partial charge in [0.05, 0.1) is 6.54 Å². The summed E-state index contributed by atoms with van der Waals surface area (Å²) in [5.41, 5.74) is 0.334. The average Bonchev–Trinajstić information content (AvgIpc) is 3.13. The van der Waals surface area contributed by atoms with Crippen molar-refractivity contribution >= 4 is 11.8 Å². The second-order valence-electron chi connectivity index (χ2n) is 5.59. The Bertz CT molecular complexity index is 711. The molecule has 0 radical (unpaired) electrons. The van der Waals surface area contributed by atoms with Crippen LogP contribution < -0.4 is 0 Å². The van der Waals surface area contributed by atoms with E-state index in [1.54, 1.807) is 26.9 Å². The number of piperazine rings is 1. The number of aryl methyl sites for hydroxylation is 1. The van der Waals surface area contributed by atoms with Crippen molar-refractivity contribution in [2.75, 3.05) is 26.2 Å². The smallest absolute Gasteiger partial charge is 0.254 e. The number of benzene rings is 1. The van der Waals surface area contributed by atoms with E-state index in [4.69, 9.17) is 0 Å². The molecule has 8 heteroatoms. The molecule has 126 valence electrons. The maximum absolute atomic E-state index is 13.2. The normalized spacial score (nSPS) is 14.7. The molecule has 1 aliphatic heterocycles. The van der Waals surface area contributed by atoms with Crippen molar-refractivity contribution in [1.82, 2.24) is 24.6 Å². The highest BCUT2D eigenvalue weighted by Crippen LogP contribution is 2.11. The van der Waals surface area contributed by atoms with E-state index in [1.165, 1.54) is 24.5 Å². The molecular weight excluding hydrogens is 313 g/mol. The van der Waals surface area contributed by atoms with Crippen LogP contribution in [-0.4, -0.2) is 62.6 Å². The molecule has 0 spiro atoms. The molecule has 0 bridgehead atoms. The van der Waals surface area contributed by atoms with E-state index in [-0.39, 0.29) is 11.8 Å². The number of rotatable bonds is 4. The van der Waals surface area contributed by atoms with E-state index < -0.39 is 5.82 Å². The summed E-state index contributed by atoms with van der Waals surface area (Å²) in [6.45, 7) is 2.35. The molecule has 2 heterocycles. The molecule has 0 aliphatic carbocycles. The van der Waals surface area contributed by atoms with Gasteiger partial charge in [-0.2, -0.15) is 5.10 Å². The highest BCUT2D eigenvalue weighted by Gasteiger charge is 2.24. The Kier molecular flexibility index (Phi) is 4.83. The number of carbonyl (C=O) groups is 2. The van der Waals surface area contributed by atoms with Crippen LogP contribution in [0.1, 0.15) is 16.8 Å². The highest BCUT2D eigenvalue weighted by atomic mass is 19.1. The van der Waals surface area contributed by atoms with Gasteiger partial charge >= 0.3 is 0 Å². The zero-order chi connectivity index (χ0) is 16.9. The molecule has 0 unspecified atom stereocenters. The summed E-state index contributed by atoms with van der Waals surface area (Å²) in [7, 11) is 0. The largest absolute Gasteiger partial charge is 0.339 e. The fraction of sp³-hybridized carbons (Fsp3) is 0.375. The SMILES string of the molecule is O=C(CCn1cncn1)N1CCN(C(=O)c2cccc(F)c2)CC1. The first-order valence-corrected chi connectivity index (χ1v) is 7.78. The number of amides is 2. The lowest BCUT2D eigenvalue weighted by Crippen LogP contribution is -2.50. The van der Waals surface area contributed by atoms with Crippen LogP contribution in [-0.2, 0) is 11.3 Å². The van der Waals surface area contributed by atoms with Crippen molar-refractivity contribution in [3.8, 4) is 0 Å². The van der Waals surface area contributed by atoms with Gasteiger partial charge in [-0.25, -0.2) is 9.37 Å². The Hall–Kier alpha value is -2.77. The number of carbonyl (C=O) groups excluding carboxylic acids is 2. The molecule has 1 aliphatic rings. The fourth-order valence-electron chi connectivity index (χ4n) is 2.68. The second-order valence-corrected chi connectivity index (χ2v) is 5.59. The van der Waals surface area contributed by atoms with E-state index in [1.807, 2.05) is 0 Å². The molecule has 0 N–H and O–H groups in total. The van der Waals surface area contributed by atoms with Gasteiger partial charge in [0.2, 0.25) is 5.91 Å². The van der Waals surface area contributed by atoms with Gasteiger partial charge in [0, 0.05) is 38.2 Å². The van der Waals surface area contributed by atoms with Crippen LogP contribution in [0.25, 0.3) is 0 Å². The molecule has 1 aromatic heterocycles. The van der Waals surface area contributed by atoms with Crippen LogP contribution >= 0.6 is 0 Å². The maximum atomic E-state index is 13.2. The van der Waals surface area contributed by atoms with Crippen LogP contribution in [0.4, 0.5) is 4.39 Å². The first-order chi connectivity index (χ1) is 11.6. The number of hydrogen-bond donors (Lipinski definition) is 0. The van der Waals surface area contributed by atoms with Crippen molar-refractivity contribution in [3.63, 3.8) is 0 Å². The van der Waals surface area contributed by atoms with Gasteiger partial charge in [-0.3, -0.25) is 14.3 Å². The van der Waals surface area contributed by atoms with Gasteiger partial charge in [-0.05, 0) is 18.2 Å². The molecule has 1 saturated heterocycles. The Morgan fingerprint density at radius 3 is 2.54 bits per heavy atom. The standard InChI is InChI=1S/C16H18FN5O2/c17-14-3-1-2-13(10-14)16(24)21-8-6-20(7-9-21)15(23)4-5-22-12-18-11-19-22/h1-3,10-12H,4-9H2. The van der Waals surface area contributed by atoms with E-state index in [0.29, 0.717) is 44.7 Å². The monoisotopic (exact) mass is 331 g/mol. The summed E-state index contributed by atoms with van der Waals surface area (Å²) in [6.07, 6.45) is 3.35. The average molecular weight is 331 g/mol. The first kappa shape index (κ1) is 16.1. The summed E-state index contributed by atoms with van der Waals surface area (Å²) < 4.78 is 14.8. The molecule has 7 nitrogen and oxygen atoms in total. The third-order valence-electron chi connectivity index (χ3n) is 4.01. The predicted molar refractivity (Wildman–Crippen MR) is 83.5 cm³/mol. The molecule has 3 rings (SSSR count).